The maximum Gasteiger partial charge on any atom is 0.262 e. The van der Waals surface area contributed by atoms with Crippen LogP contribution in [0, 0.1) is 11.3 Å². The molecule has 4 rings (SSSR count). The third-order valence-corrected chi connectivity index (χ3v) is 5.05. The van der Waals surface area contributed by atoms with Gasteiger partial charge in [-0.2, -0.15) is 5.26 Å². The first-order valence-corrected chi connectivity index (χ1v) is 9.59. The highest BCUT2D eigenvalue weighted by molar-refractivity contribution is 6.12. The molecule has 5 nitrogen and oxygen atoms in total. The van der Waals surface area contributed by atoms with E-state index in [2.05, 4.69) is 24.4 Å². The number of carbonyl (C=O) groups excluding carboxylic acids is 1. The van der Waals surface area contributed by atoms with Crippen molar-refractivity contribution in [2.24, 2.45) is 0 Å². The average molecular weight is 383 g/mol. The molecule has 0 aromatic heterocycles. The van der Waals surface area contributed by atoms with Crippen LogP contribution in [-0.2, 0) is 6.42 Å². The smallest absolute Gasteiger partial charge is 0.262 e. The Kier molecular flexibility index (Phi) is 5.17. The molecular weight excluding hydrogens is 362 g/mol. The lowest BCUT2D eigenvalue weighted by Gasteiger charge is -2.38. The van der Waals surface area contributed by atoms with Crippen LogP contribution in [0.2, 0.25) is 0 Å². The first-order chi connectivity index (χ1) is 14.2. The summed E-state index contributed by atoms with van der Waals surface area (Å²) in [6.45, 7) is 2.11. The van der Waals surface area contributed by atoms with E-state index in [4.69, 9.17) is 10.00 Å². The van der Waals surface area contributed by atoms with Crippen LogP contribution >= 0.6 is 0 Å². The summed E-state index contributed by atoms with van der Waals surface area (Å²) in [6.07, 6.45) is 0.595. The first kappa shape index (κ1) is 18.6. The topological polar surface area (TPSA) is 65.4 Å². The zero-order valence-electron chi connectivity index (χ0n) is 16.1. The monoisotopic (exact) mass is 383 g/mol. The van der Waals surface area contributed by atoms with Gasteiger partial charge in [0.05, 0.1) is 5.56 Å². The Balaban J connectivity index is 1.74. The number of nitrogens with zero attached hydrogens (tertiary/aromatic N) is 2. The minimum atomic E-state index is -0.352. The highest BCUT2D eigenvalue weighted by Crippen LogP contribution is 2.37. The fourth-order valence-corrected chi connectivity index (χ4v) is 3.51. The molecule has 0 bridgehead atoms. The number of carbonyl (C=O) groups is 1. The van der Waals surface area contributed by atoms with Gasteiger partial charge in [-0.3, -0.25) is 9.69 Å². The minimum absolute atomic E-state index is 0.00277. The molecule has 3 aromatic carbocycles. The van der Waals surface area contributed by atoms with E-state index in [1.807, 2.05) is 66.7 Å². The fraction of sp³-hybridized carbons (Fsp3) is 0.167. The molecule has 29 heavy (non-hydrogen) atoms. The van der Waals surface area contributed by atoms with Gasteiger partial charge < -0.3 is 10.1 Å². The molecule has 1 heterocycles. The van der Waals surface area contributed by atoms with Crippen molar-refractivity contribution in [3.63, 3.8) is 0 Å². The number of fused-ring (bicyclic) bond motifs is 1. The summed E-state index contributed by atoms with van der Waals surface area (Å²) in [6, 6.07) is 25.1. The zero-order valence-corrected chi connectivity index (χ0v) is 16.1. The molecule has 3 aromatic rings. The van der Waals surface area contributed by atoms with Gasteiger partial charge in [-0.15, -0.1) is 0 Å². The number of hydrogen-bond acceptors (Lipinski definition) is 4. The van der Waals surface area contributed by atoms with Crippen molar-refractivity contribution in [2.75, 3.05) is 16.8 Å². The number of para-hydroxylation sites is 1. The van der Waals surface area contributed by atoms with Crippen molar-refractivity contribution >= 4 is 17.3 Å². The number of amides is 1. The van der Waals surface area contributed by atoms with Crippen molar-refractivity contribution in [3.05, 3.63) is 89.5 Å². The zero-order chi connectivity index (χ0) is 20.2. The predicted molar refractivity (Wildman–Crippen MR) is 113 cm³/mol. The highest BCUT2D eigenvalue weighted by atomic mass is 16.5. The van der Waals surface area contributed by atoms with Crippen molar-refractivity contribution in [2.45, 2.75) is 19.5 Å². The summed E-state index contributed by atoms with van der Waals surface area (Å²) >= 11 is 0. The van der Waals surface area contributed by atoms with Gasteiger partial charge in [0.2, 0.25) is 0 Å². The Bertz CT molecular complexity index is 1050. The summed E-state index contributed by atoms with van der Waals surface area (Å²) < 4.78 is 5.35. The maximum absolute atomic E-state index is 13.4. The van der Waals surface area contributed by atoms with E-state index >= 15 is 0 Å². The largest absolute Gasteiger partial charge is 0.479 e. The van der Waals surface area contributed by atoms with Gasteiger partial charge in [-0.05, 0) is 53.9 Å². The van der Waals surface area contributed by atoms with E-state index in [0.717, 1.165) is 23.4 Å². The molecule has 1 amide bonds. The number of benzene rings is 3. The predicted octanol–water partition coefficient (Wildman–Crippen LogP) is 4.92. The molecule has 1 N–H and O–H groups in total. The van der Waals surface area contributed by atoms with Gasteiger partial charge >= 0.3 is 0 Å². The van der Waals surface area contributed by atoms with Crippen LogP contribution in [0.15, 0.2) is 72.8 Å². The number of hydrogen-bond donors (Lipinski definition) is 1. The molecule has 0 saturated carbocycles. The van der Waals surface area contributed by atoms with Crippen LogP contribution in [0.25, 0.3) is 0 Å². The summed E-state index contributed by atoms with van der Waals surface area (Å²) in [5.41, 5.74) is 4.45. The third kappa shape index (κ3) is 3.65. The van der Waals surface area contributed by atoms with Gasteiger partial charge in [-0.25, -0.2) is 0 Å². The van der Waals surface area contributed by atoms with Crippen LogP contribution in [0.3, 0.4) is 0 Å². The van der Waals surface area contributed by atoms with Gasteiger partial charge in [0, 0.05) is 11.4 Å². The molecule has 5 heteroatoms. The number of nitrogens with one attached hydrogen (secondary N) is 1. The van der Waals surface area contributed by atoms with Gasteiger partial charge in [0.1, 0.15) is 18.0 Å². The molecule has 0 saturated heterocycles. The van der Waals surface area contributed by atoms with E-state index < -0.39 is 0 Å². The van der Waals surface area contributed by atoms with Gasteiger partial charge in [0.15, 0.2) is 6.61 Å². The minimum Gasteiger partial charge on any atom is -0.479 e. The summed E-state index contributed by atoms with van der Waals surface area (Å²) in [4.78, 5) is 15.2. The summed E-state index contributed by atoms with van der Waals surface area (Å²) in [5.74, 6) is 0.579. The third-order valence-electron chi connectivity index (χ3n) is 5.05. The second-order valence-corrected chi connectivity index (χ2v) is 6.80. The normalized spacial score (nSPS) is 15.2. The van der Waals surface area contributed by atoms with Crippen molar-refractivity contribution in [3.8, 4) is 11.8 Å². The van der Waals surface area contributed by atoms with E-state index in [1.165, 1.54) is 5.56 Å². The number of nitriles is 1. The second-order valence-electron chi connectivity index (χ2n) is 6.80. The number of aryl methyl sites for hydroxylation is 1. The second kappa shape index (κ2) is 8.07. The number of rotatable bonds is 5. The molecule has 0 aliphatic carbocycles. The van der Waals surface area contributed by atoms with Crippen molar-refractivity contribution in [1.29, 1.82) is 5.26 Å². The van der Waals surface area contributed by atoms with E-state index in [-0.39, 0.29) is 18.7 Å². The summed E-state index contributed by atoms with van der Waals surface area (Å²) in [7, 11) is 0. The quantitative estimate of drug-likeness (QED) is 0.679. The van der Waals surface area contributed by atoms with Crippen molar-refractivity contribution in [1.82, 2.24) is 0 Å². The number of ether oxygens (including phenoxy) is 1. The molecule has 144 valence electrons. The van der Waals surface area contributed by atoms with Crippen molar-refractivity contribution < 1.29 is 9.53 Å². The Morgan fingerprint density at radius 3 is 2.45 bits per heavy atom. The SMILES string of the molecule is CCc1ccc(N2C(=O)c3ccccc3N[C@H]2c2ccc(OCC#N)cc2)cc1. The van der Waals surface area contributed by atoms with Crippen LogP contribution in [-0.4, -0.2) is 12.5 Å². The fourth-order valence-electron chi connectivity index (χ4n) is 3.51. The van der Waals surface area contributed by atoms with E-state index in [9.17, 15) is 4.79 Å². The van der Waals surface area contributed by atoms with Crippen LogP contribution in [0.5, 0.6) is 5.75 Å². The lowest BCUT2D eigenvalue weighted by Crippen LogP contribution is -2.43. The average Bonchev–Trinajstić information content (AvgIpc) is 2.78. The van der Waals surface area contributed by atoms with Gasteiger partial charge in [-0.1, -0.05) is 43.3 Å². The molecule has 1 aliphatic heterocycles. The van der Waals surface area contributed by atoms with E-state index in [0.29, 0.717) is 11.3 Å². The molecular formula is C24H21N3O2. The number of anilines is 2. The van der Waals surface area contributed by atoms with Crippen LogP contribution < -0.4 is 15.0 Å². The molecule has 1 atom stereocenters. The lowest BCUT2D eigenvalue weighted by atomic mass is 10.0. The highest BCUT2D eigenvalue weighted by Gasteiger charge is 2.33. The summed E-state index contributed by atoms with van der Waals surface area (Å²) in [5, 5.41) is 12.2. The van der Waals surface area contributed by atoms with E-state index in [1.54, 1.807) is 4.90 Å². The first-order valence-electron chi connectivity index (χ1n) is 9.59. The molecule has 1 aliphatic rings. The van der Waals surface area contributed by atoms with Crippen LogP contribution in [0.1, 0.15) is 34.6 Å². The Hall–Kier alpha value is -3.78. The lowest BCUT2D eigenvalue weighted by molar-refractivity contribution is 0.0975. The Labute approximate surface area is 170 Å². The molecule has 0 fully saturated rings. The molecule has 0 spiro atoms. The Morgan fingerprint density at radius 2 is 1.76 bits per heavy atom. The van der Waals surface area contributed by atoms with Gasteiger partial charge in [0.25, 0.3) is 5.91 Å². The van der Waals surface area contributed by atoms with Crippen LogP contribution in [0.4, 0.5) is 11.4 Å². The maximum atomic E-state index is 13.4. The Morgan fingerprint density at radius 1 is 1.03 bits per heavy atom. The standard InChI is InChI=1S/C24H21N3O2/c1-2-17-7-11-19(12-8-17)27-23(18-9-13-20(14-10-18)29-16-15-25)26-22-6-4-3-5-21(22)24(27)28/h3-14,23,26H,2,16H2,1H3/t23-/m1/s1. The molecule has 0 unspecified atom stereocenters. The molecule has 0 radical (unpaired) electrons.